The van der Waals surface area contributed by atoms with Crippen molar-refractivity contribution >= 4 is 14.1 Å². The highest BCUT2D eigenvalue weighted by atomic mass is 28.4. The van der Waals surface area contributed by atoms with Gasteiger partial charge in [-0.1, -0.05) is 6.92 Å². The van der Waals surface area contributed by atoms with Gasteiger partial charge in [0.15, 0.2) is 8.32 Å². The lowest BCUT2D eigenvalue weighted by atomic mass is 10.2. The van der Waals surface area contributed by atoms with Gasteiger partial charge in [-0.25, -0.2) is 0 Å². The minimum absolute atomic E-state index is 0.148. The number of ketones is 1. The van der Waals surface area contributed by atoms with Crippen molar-refractivity contribution in [3.63, 3.8) is 0 Å². The molecule has 0 aromatic rings. The Morgan fingerprint density at radius 3 is 2.08 bits per heavy atom. The molecule has 3 heteroatoms. The predicted molar refractivity (Wildman–Crippen MR) is 58.4 cm³/mol. The van der Waals surface area contributed by atoms with Crippen LogP contribution >= 0.6 is 0 Å². The third kappa shape index (κ3) is 4.05. The van der Waals surface area contributed by atoms with Crippen molar-refractivity contribution in [2.75, 3.05) is 0 Å². The molecule has 0 fully saturated rings. The van der Waals surface area contributed by atoms with E-state index in [-0.39, 0.29) is 17.4 Å². The summed E-state index contributed by atoms with van der Waals surface area (Å²) in [4.78, 5) is 11.4. The van der Waals surface area contributed by atoms with E-state index in [4.69, 9.17) is 4.43 Å². The van der Waals surface area contributed by atoms with Gasteiger partial charge in [0.1, 0.15) is 5.78 Å². The molecule has 0 amide bonds. The summed E-state index contributed by atoms with van der Waals surface area (Å²) in [6, 6.07) is 0. The van der Waals surface area contributed by atoms with Crippen LogP contribution in [0.4, 0.5) is 0 Å². The van der Waals surface area contributed by atoms with E-state index in [0.29, 0.717) is 0 Å². The Bertz CT molecular complexity index is 176. The lowest BCUT2D eigenvalue weighted by Crippen LogP contribution is -2.41. The van der Waals surface area contributed by atoms with E-state index in [1.807, 2.05) is 13.8 Å². The SMILES string of the molecule is CC[C@H](C(C)=O)[Si](C)(C)OC(C)C. The molecular weight excluding hydrogens is 180 g/mol. The summed E-state index contributed by atoms with van der Waals surface area (Å²) in [5.74, 6) is 0.278. The van der Waals surface area contributed by atoms with Gasteiger partial charge < -0.3 is 4.43 Å². The fraction of sp³-hybridized carbons (Fsp3) is 0.900. The lowest BCUT2D eigenvalue weighted by Gasteiger charge is -2.31. The standard InChI is InChI=1S/C10H22O2Si/c1-7-10(9(4)11)13(5,6)12-8(2)3/h8,10H,7H2,1-6H3/t10-/m1/s1. The van der Waals surface area contributed by atoms with Crippen LogP contribution < -0.4 is 0 Å². The van der Waals surface area contributed by atoms with Crippen LogP contribution in [0.5, 0.6) is 0 Å². The zero-order valence-electron chi connectivity index (χ0n) is 9.68. The Morgan fingerprint density at radius 1 is 1.38 bits per heavy atom. The van der Waals surface area contributed by atoms with Crippen LogP contribution in [-0.2, 0) is 9.22 Å². The molecule has 2 nitrogen and oxygen atoms in total. The molecule has 0 aromatic heterocycles. The first-order chi connectivity index (χ1) is 5.81. The number of carbonyl (C=O) groups is 1. The molecule has 1 atom stereocenters. The fourth-order valence-corrected chi connectivity index (χ4v) is 5.30. The van der Waals surface area contributed by atoms with Gasteiger partial charge in [-0.2, -0.15) is 0 Å². The van der Waals surface area contributed by atoms with Crippen molar-refractivity contribution in [3.8, 4) is 0 Å². The van der Waals surface area contributed by atoms with Gasteiger partial charge in [0.25, 0.3) is 0 Å². The van der Waals surface area contributed by atoms with Crippen LogP contribution in [0.15, 0.2) is 0 Å². The van der Waals surface area contributed by atoms with Crippen molar-refractivity contribution < 1.29 is 9.22 Å². The molecule has 13 heavy (non-hydrogen) atoms. The van der Waals surface area contributed by atoms with Crippen molar-refractivity contribution in [1.82, 2.24) is 0 Å². The first-order valence-electron chi connectivity index (χ1n) is 4.99. The molecule has 0 aromatic carbocycles. The molecule has 0 rings (SSSR count). The Labute approximate surface area is 82.8 Å². The summed E-state index contributed by atoms with van der Waals surface area (Å²) in [5, 5.41) is 0. The van der Waals surface area contributed by atoms with E-state index >= 15 is 0 Å². The highest BCUT2D eigenvalue weighted by Crippen LogP contribution is 2.28. The summed E-state index contributed by atoms with van der Waals surface area (Å²) >= 11 is 0. The second-order valence-corrected chi connectivity index (χ2v) is 8.48. The highest BCUT2D eigenvalue weighted by Gasteiger charge is 2.36. The molecule has 0 heterocycles. The van der Waals surface area contributed by atoms with Gasteiger partial charge in [-0.15, -0.1) is 0 Å². The van der Waals surface area contributed by atoms with E-state index in [9.17, 15) is 4.79 Å². The Balaban J connectivity index is 4.47. The highest BCUT2D eigenvalue weighted by molar-refractivity contribution is 6.76. The normalized spacial score (nSPS) is 14.7. The van der Waals surface area contributed by atoms with Crippen LogP contribution in [0.25, 0.3) is 0 Å². The van der Waals surface area contributed by atoms with Gasteiger partial charge in [-0.3, -0.25) is 4.79 Å². The number of hydrogen-bond acceptors (Lipinski definition) is 2. The van der Waals surface area contributed by atoms with Crippen LogP contribution in [0.1, 0.15) is 34.1 Å². The van der Waals surface area contributed by atoms with Gasteiger partial charge in [0.2, 0.25) is 0 Å². The Kier molecular flexibility index (Phi) is 4.85. The molecule has 0 aliphatic carbocycles. The topological polar surface area (TPSA) is 26.3 Å². The number of rotatable bonds is 5. The van der Waals surface area contributed by atoms with Crippen molar-refractivity contribution in [1.29, 1.82) is 0 Å². The first kappa shape index (κ1) is 12.8. The number of carbonyl (C=O) groups excluding carboxylic acids is 1. The minimum atomic E-state index is -1.81. The molecule has 0 aliphatic heterocycles. The molecule has 0 aliphatic rings. The maximum Gasteiger partial charge on any atom is 0.197 e. The molecule has 0 spiro atoms. The maximum absolute atomic E-state index is 11.4. The Hall–Kier alpha value is -0.153. The van der Waals surface area contributed by atoms with E-state index < -0.39 is 8.32 Å². The molecule has 0 bridgehead atoms. The molecule has 78 valence electrons. The van der Waals surface area contributed by atoms with Crippen molar-refractivity contribution in [2.45, 2.75) is 58.9 Å². The zero-order valence-corrected chi connectivity index (χ0v) is 10.7. The molecule has 0 radical (unpaired) electrons. The minimum Gasteiger partial charge on any atom is -0.414 e. The zero-order chi connectivity index (χ0) is 10.6. The number of Topliss-reactive ketones (excluding diaryl/α,β-unsaturated/α-hetero) is 1. The fourth-order valence-electron chi connectivity index (χ4n) is 1.96. The van der Waals surface area contributed by atoms with Gasteiger partial charge in [-0.05, 0) is 40.3 Å². The van der Waals surface area contributed by atoms with Gasteiger partial charge in [0, 0.05) is 11.6 Å². The van der Waals surface area contributed by atoms with Crippen molar-refractivity contribution in [3.05, 3.63) is 0 Å². The summed E-state index contributed by atoms with van der Waals surface area (Å²) in [5.41, 5.74) is 0.148. The second kappa shape index (κ2) is 4.91. The molecule has 0 N–H and O–H groups in total. The lowest BCUT2D eigenvalue weighted by molar-refractivity contribution is -0.117. The smallest absolute Gasteiger partial charge is 0.197 e. The summed E-state index contributed by atoms with van der Waals surface area (Å²) in [6.45, 7) is 12.0. The van der Waals surface area contributed by atoms with Crippen LogP contribution in [0.2, 0.25) is 18.6 Å². The van der Waals surface area contributed by atoms with Crippen LogP contribution in [0.3, 0.4) is 0 Å². The van der Waals surface area contributed by atoms with E-state index in [2.05, 4.69) is 20.0 Å². The Morgan fingerprint density at radius 2 is 1.85 bits per heavy atom. The first-order valence-corrected chi connectivity index (χ1v) is 7.98. The van der Waals surface area contributed by atoms with Crippen LogP contribution in [-0.4, -0.2) is 20.2 Å². The van der Waals surface area contributed by atoms with E-state index in [1.165, 1.54) is 0 Å². The third-order valence-corrected chi connectivity index (χ3v) is 5.85. The van der Waals surface area contributed by atoms with E-state index in [1.54, 1.807) is 6.92 Å². The average Bonchev–Trinajstić information content (AvgIpc) is 1.82. The quantitative estimate of drug-likeness (QED) is 0.641. The average molecular weight is 202 g/mol. The predicted octanol–water partition coefficient (Wildman–Crippen LogP) is 2.99. The van der Waals surface area contributed by atoms with Crippen LogP contribution in [0, 0.1) is 0 Å². The van der Waals surface area contributed by atoms with Gasteiger partial charge >= 0.3 is 0 Å². The van der Waals surface area contributed by atoms with E-state index in [0.717, 1.165) is 6.42 Å². The summed E-state index contributed by atoms with van der Waals surface area (Å²) < 4.78 is 5.87. The second-order valence-electron chi connectivity index (χ2n) is 4.34. The molecule has 0 unspecified atom stereocenters. The van der Waals surface area contributed by atoms with Gasteiger partial charge in [0.05, 0.1) is 0 Å². The summed E-state index contributed by atoms with van der Waals surface area (Å²) in [6.07, 6.45) is 1.14. The molecular formula is C10H22O2Si. The monoisotopic (exact) mass is 202 g/mol. The molecule has 0 saturated carbocycles. The molecule has 0 saturated heterocycles. The number of hydrogen-bond donors (Lipinski definition) is 0. The van der Waals surface area contributed by atoms with Crippen molar-refractivity contribution in [2.24, 2.45) is 0 Å². The largest absolute Gasteiger partial charge is 0.414 e. The summed E-state index contributed by atoms with van der Waals surface area (Å²) in [7, 11) is -1.81. The maximum atomic E-state index is 11.4. The third-order valence-electron chi connectivity index (χ3n) is 2.28.